The third kappa shape index (κ3) is 3.61. The highest BCUT2D eigenvalue weighted by Crippen LogP contribution is 2.17. The number of amidine groups is 1. The van der Waals surface area contributed by atoms with E-state index >= 15 is 0 Å². The maximum Gasteiger partial charge on any atom is 0.179 e. The van der Waals surface area contributed by atoms with Gasteiger partial charge in [-0.1, -0.05) is 23.9 Å². The Labute approximate surface area is 121 Å². The highest BCUT2D eigenvalue weighted by atomic mass is 32.2. The van der Waals surface area contributed by atoms with Crippen LogP contribution in [-0.2, 0) is 9.84 Å². The minimum absolute atomic E-state index is 0.000273. The third-order valence-corrected chi connectivity index (χ3v) is 5.45. The number of H-pyrrole nitrogens is 1. The second-order valence-electron chi connectivity index (χ2n) is 4.00. The maximum absolute atomic E-state index is 12.2. The number of nitrogens with one attached hydrogen (secondary N) is 2. The zero-order chi connectivity index (χ0) is 14.6. The highest BCUT2D eigenvalue weighted by molar-refractivity contribution is 8.00. The van der Waals surface area contributed by atoms with Crippen LogP contribution in [-0.4, -0.2) is 35.7 Å². The lowest BCUT2D eigenvalue weighted by molar-refractivity contribution is 0.597. The van der Waals surface area contributed by atoms with E-state index in [1.807, 2.05) is 0 Å². The molecule has 0 radical (unpaired) electrons. The van der Waals surface area contributed by atoms with Crippen LogP contribution in [0.15, 0.2) is 46.7 Å². The Morgan fingerprint density at radius 2 is 2.25 bits per heavy atom. The number of imidazole rings is 1. The molecule has 1 aromatic carbocycles. The summed E-state index contributed by atoms with van der Waals surface area (Å²) in [5.41, 5.74) is 5.77. The lowest BCUT2D eigenvalue weighted by Gasteiger charge is -2.05. The number of thioether (sulfide) groups is 1. The van der Waals surface area contributed by atoms with Crippen LogP contribution in [0.4, 0.5) is 0 Å². The van der Waals surface area contributed by atoms with Crippen molar-refractivity contribution in [3.05, 3.63) is 42.2 Å². The topological polar surface area (TPSA) is 113 Å². The first-order valence-electron chi connectivity index (χ1n) is 5.78. The second-order valence-corrected chi connectivity index (χ2v) is 7.20. The van der Waals surface area contributed by atoms with Crippen molar-refractivity contribution in [2.75, 3.05) is 11.5 Å². The summed E-state index contributed by atoms with van der Waals surface area (Å²) in [7, 11) is -3.38. The van der Waals surface area contributed by atoms with Crippen LogP contribution in [0.2, 0.25) is 0 Å². The minimum Gasteiger partial charge on any atom is -0.384 e. The molecule has 0 aliphatic heterocycles. The molecule has 106 valence electrons. The summed E-state index contributed by atoms with van der Waals surface area (Å²) in [6.07, 6.45) is 3.31. The summed E-state index contributed by atoms with van der Waals surface area (Å²) in [6, 6.07) is 6.14. The number of nitrogens with zero attached hydrogens (tertiary/aromatic N) is 1. The van der Waals surface area contributed by atoms with E-state index in [9.17, 15) is 8.42 Å². The van der Waals surface area contributed by atoms with Gasteiger partial charge in [-0.15, -0.1) is 0 Å². The summed E-state index contributed by atoms with van der Waals surface area (Å²) in [6.45, 7) is 0. The molecule has 0 amide bonds. The molecule has 0 unspecified atom stereocenters. The van der Waals surface area contributed by atoms with Crippen molar-refractivity contribution in [1.82, 2.24) is 9.97 Å². The highest BCUT2D eigenvalue weighted by Gasteiger charge is 2.15. The second kappa shape index (κ2) is 6.10. The molecule has 0 spiro atoms. The third-order valence-electron chi connectivity index (χ3n) is 2.57. The molecule has 1 heterocycles. The summed E-state index contributed by atoms with van der Waals surface area (Å²) in [4.78, 5) is 7.10. The number of aromatic nitrogens is 2. The number of hydrogen-bond acceptors (Lipinski definition) is 5. The standard InChI is InChI=1S/C12H14N4O2S2/c13-11(14)9-2-1-3-10(8-9)20(17,18)7-6-19-12-15-4-5-16-12/h1-5,8H,6-7H2,(H3,13,14)(H,15,16). The largest absolute Gasteiger partial charge is 0.384 e. The normalized spacial score (nSPS) is 11.4. The first-order chi connectivity index (χ1) is 9.49. The first kappa shape index (κ1) is 14.6. The number of aromatic amines is 1. The van der Waals surface area contributed by atoms with Gasteiger partial charge in [0.05, 0.1) is 10.6 Å². The molecule has 0 saturated heterocycles. The zero-order valence-electron chi connectivity index (χ0n) is 10.5. The van der Waals surface area contributed by atoms with Crippen LogP contribution in [0, 0.1) is 5.41 Å². The molecule has 0 fully saturated rings. The van der Waals surface area contributed by atoms with Crippen LogP contribution in [0.5, 0.6) is 0 Å². The first-order valence-corrected chi connectivity index (χ1v) is 8.42. The lowest BCUT2D eigenvalue weighted by Crippen LogP contribution is -2.13. The molecule has 20 heavy (non-hydrogen) atoms. The van der Waals surface area contributed by atoms with Crippen molar-refractivity contribution >= 4 is 27.4 Å². The molecule has 4 N–H and O–H groups in total. The van der Waals surface area contributed by atoms with E-state index in [0.29, 0.717) is 16.5 Å². The van der Waals surface area contributed by atoms with Crippen LogP contribution in [0.25, 0.3) is 0 Å². The number of sulfone groups is 1. The number of hydrogen-bond donors (Lipinski definition) is 3. The monoisotopic (exact) mass is 310 g/mol. The van der Waals surface area contributed by atoms with E-state index in [1.165, 1.54) is 23.9 Å². The molecule has 8 heteroatoms. The molecular formula is C12H14N4O2S2. The molecule has 1 aromatic heterocycles. The van der Waals surface area contributed by atoms with Crippen LogP contribution in [0.1, 0.15) is 5.56 Å². The molecule has 0 saturated carbocycles. The molecule has 2 aromatic rings. The van der Waals surface area contributed by atoms with Gasteiger partial charge in [0.15, 0.2) is 15.0 Å². The molecule has 0 bridgehead atoms. The molecule has 0 atom stereocenters. The Balaban J connectivity index is 2.06. The fourth-order valence-corrected chi connectivity index (χ4v) is 4.07. The van der Waals surface area contributed by atoms with Gasteiger partial charge in [0, 0.05) is 23.7 Å². The molecule has 0 aliphatic carbocycles. The molecule has 0 aliphatic rings. The Morgan fingerprint density at radius 3 is 2.90 bits per heavy atom. The fourth-order valence-electron chi connectivity index (χ4n) is 1.55. The summed E-state index contributed by atoms with van der Waals surface area (Å²) >= 11 is 1.35. The average molecular weight is 310 g/mol. The van der Waals surface area contributed by atoms with E-state index in [4.69, 9.17) is 11.1 Å². The smallest absolute Gasteiger partial charge is 0.179 e. The SMILES string of the molecule is N=C(N)c1cccc(S(=O)(=O)CCSc2ncc[nH]2)c1. The van der Waals surface area contributed by atoms with Crippen molar-refractivity contribution in [2.24, 2.45) is 5.73 Å². The van der Waals surface area contributed by atoms with Crippen molar-refractivity contribution in [3.8, 4) is 0 Å². The van der Waals surface area contributed by atoms with Crippen LogP contribution >= 0.6 is 11.8 Å². The average Bonchev–Trinajstić information content (AvgIpc) is 2.92. The lowest BCUT2D eigenvalue weighted by atomic mass is 10.2. The van der Waals surface area contributed by atoms with E-state index < -0.39 is 9.84 Å². The van der Waals surface area contributed by atoms with Gasteiger partial charge in [-0.2, -0.15) is 0 Å². The number of benzene rings is 1. The van der Waals surface area contributed by atoms with Crippen LogP contribution < -0.4 is 5.73 Å². The molecular weight excluding hydrogens is 296 g/mol. The van der Waals surface area contributed by atoms with E-state index in [0.717, 1.165) is 0 Å². The van der Waals surface area contributed by atoms with Gasteiger partial charge in [0.1, 0.15) is 5.84 Å². The van der Waals surface area contributed by atoms with Crippen molar-refractivity contribution < 1.29 is 8.42 Å². The van der Waals surface area contributed by atoms with Gasteiger partial charge < -0.3 is 10.7 Å². The van der Waals surface area contributed by atoms with Crippen molar-refractivity contribution in [3.63, 3.8) is 0 Å². The zero-order valence-corrected chi connectivity index (χ0v) is 12.2. The Bertz CT molecular complexity index is 696. The predicted octanol–water partition coefficient (Wildman–Crippen LogP) is 1.26. The van der Waals surface area contributed by atoms with Crippen molar-refractivity contribution in [2.45, 2.75) is 10.1 Å². The van der Waals surface area contributed by atoms with E-state index in [2.05, 4.69) is 9.97 Å². The summed E-state index contributed by atoms with van der Waals surface area (Å²) in [5.74, 6) is 0.256. The Kier molecular flexibility index (Phi) is 4.46. The molecule has 6 nitrogen and oxygen atoms in total. The quantitative estimate of drug-likeness (QED) is 0.422. The Hall–Kier alpha value is -1.80. The van der Waals surface area contributed by atoms with Gasteiger partial charge in [0.25, 0.3) is 0 Å². The van der Waals surface area contributed by atoms with Gasteiger partial charge in [-0.05, 0) is 12.1 Å². The molecule has 2 rings (SSSR count). The van der Waals surface area contributed by atoms with Gasteiger partial charge in [-0.25, -0.2) is 13.4 Å². The fraction of sp³-hybridized carbons (Fsp3) is 0.167. The predicted molar refractivity (Wildman–Crippen MR) is 78.8 cm³/mol. The number of nitrogens with two attached hydrogens (primary N) is 1. The maximum atomic E-state index is 12.2. The van der Waals surface area contributed by atoms with Crippen molar-refractivity contribution in [1.29, 1.82) is 5.41 Å². The summed E-state index contributed by atoms with van der Waals surface area (Å²) < 4.78 is 24.4. The number of nitrogen functional groups attached to an aromatic ring is 1. The number of rotatable bonds is 6. The van der Waals surface area contributed by atoms with Gasteiger partial charge in [-0.3, -0.25) is 5.41 Å². The van der Waals surface area contributed by atoms with Gasteiger partial charge >= 0.3 is 0 Å². The Morgan fingerprint density at radius 1 is 1.45 bits per heavy atom. The van der Waals surface area contributed by atoms with Gasteiger partial charge in [0.2, 0.25) is 0 Å². The summed E-state index contributed by atoms with van der Waals surface area (Å²) in [5, 5.41) is 8.03. The van der Waals surface area contributed by atoms with E-state index in [1.54, 1.807) is 24.5 Å². The van der Waals surface area contributed by atoms with E-state index in [-0.39, 0.29) is 16.5 Å². The van der Waals surface area contributed by atoms with Crippen LogP contribution in [0.3, 0.4) is 0 Å². The minimum atomic E-state index is -3.38.